The largest absolute Gasteiger partial charge is 0.417 e. The van der Waals surface area contributed by atoms with Crippen molar-refractivity contribution in [2.45, 2.75) is 63.3 Å². The molecule has 0 aromatic heterocycles. The summed E-state index contributed by atoms with van der Waals surface area (Å²) in [4.78, 5) is 29.5. The summed E-state index contributed by atoms with van der Waals surface area (Å²) in [5, 5.41) is 3.00. The van der Waals surface area contributed by atoms with E-state index in [1.165, 1.54) is 11.0 Å². The van der Waals surface area contributed by atoms with E-state index in [9.17, 15) is 31.2 Å². The molecule has 0 radical (unpaired) electrons. The summed E-state index contributed by atoms with van der Waals surface area (Å²) in [5.41, 5.74) is -0.506. The van der Waals surface area contributed by atoms with Gasteiger partial charge in [0.15, 0.2) is 0 Å². The maximum absolute atomic E-state index is 14.3. The number of carbonyl (C=O) groups is 2. The summed E-state index contributed by atoms with van der Waals surface area (Å²) in [6.45, 7) is -1.11. The Kier molecular flexibility index (Phi) is 11.9. The molecular formula is C32H33Cl3F3N3O4S. The van der Waals surface area contributed by atoms with Crippen LogP contribution in [-0.4, -0.2) is 50.0 Å². The Hall–Kier alpha value is -2.99. The van der Waals surface area contributed by atoms with Gasteiger partial charge < -0.3 is 10.2 Å². The number of sulfonamides is 1. The van der Waals surface area contributed by atoms with Crippen molar-refractivity contribution in [3.8, 4) is 0 Å². The maximum atomic E-state index is 14.3. The van der Waals surface area contributed by atoms with Crippen LogP contribution in [0.5, 0.6) is 0 Å². The van der Waals surface area contributed by atoms with Crippen LogP contribution in [0.25, 0.3) is 0 Å². The molecule has 1 unspecified atom stereocenters. The average molecular weight is 719 g/mol. The lowest BCUT2D eigenvalue weighted by Gasteiger charge is -2.35. The van der Waals surface area contributed by atoms with Gasteiger partial charge in [0.1, 0.15) is 12.6 Å². The second kappa shape index (κ2) is 15.3. The molecule has 1 saturated carbocycles. The molecule has 2 amide bonds. The third kappa shape index (κ3) is 9.53. The summed E-state index contributed by atoms with van der Waals surface area (Å²) >= 11 is 18.4. The van der Waals surface area contributed by atoms with Crippen molar-refractivity contribution >= 4 is 62.3 Å². The topological polar surface area (TPSA) is 86.8 Å². The molecule has 1 N–H and O–H groups in total. The van der Waals surface area contributed by atoms with E-state index in [1.807, 2.05) is 6.07 Å². The van der Waals surface area contributed by atoms with Crippen LogP contribution in [-0.2, 0) is 38.8 Å². The number of hydrogen-bond acceptors (Lipinski definition) is 4. The Bertz CT molecular complexity index is 1650. The number of benzene rings is 3. The highest BCUT2D eigenvalue weighted by molar-refractivity contribution is 7.92. The van der Waals surface area contributed by atoms with Gasteiger partial charge in [0.2, 0.25) is 21.8 Å². The Morgan fingerprint density at radius 3 is 2.22 bits per heavy atom. The molecule has 1 fully saturated rings. The van der Waals surface area contributed by atoms with E-state index in [2.05, 4.69) is 5.32 Å². The highest BCUT2D eigenvalue weighted by Gasteiger charge is 2.37. The Balaban J connectivity index is 1.78. The van der Waals surface area contributed by atoms with Gasteiger partial charge in [0, 0.05) is 29.1 Å². The number of hydrogen-bond donors (Lipinski definition) is 1. The molecular weight excluding hydrogens is 686 g/mol. The van der Waals surface area contributed by atoms with Gasteiger partial charge in [-0.1, -0.05) is 90.5 Å². The summed E-state index contributed by atoms with van der Waals surface area (Å²) in [6, 6.07) is 15.0. The van der Waals surface area contributed by atoms with E-state index >= 15 is 0 Å². The van der Waals surface area contributed by atoms with Crippen molar-refractivity contribution in [2.24, 2.45) is 0 Å². The van der Waals surface area contributed by atoms with Crippen molar-refractivity contribution in [3.63, 3.8) is 0 Å². The molecule has 1 atom stereocenters. The van der Waals surface area contributed by atoms with Gasteiger partial charge in [-0.15, -0.1) is 0 Å². The summed E-state index contributed by atoms with van der Waals surface area (Å²) in [7, 11) is -4.30. The predicted octanol–water partition coefficient (Wildman–Crippen LogP) is 7.52. The summed E-state index contributed by atoms with van der Waals surface area (Å²) < 4.78 is 67.6. The second-order valence-corrected chi connectivity index (χ2v) is 14.4. The minimum atomic E-state index is -4.88. The number of nitrogens with zero attached hydrogens (tertiary/aromatic N) is 2. The lowest BCUT2D eigenvalue weighted by molar-refractivity contribution is -0.140. The van der Waals surface area contributed by atoms with Crippen molar-refractivity contribution in [1.29, 1.82) is 0 Å². The van der Waals surface area contributed by atoms with Gasteiger partial charge in [0.05, 0.1) is 22.5 Å². The van der Waals surface area contributed by atoms with Crippen LogP contribution < -0.4 is 9.62 Å². The van der Waals surface area contributed by atoms with Gasteiger partial charge in [0.25, 0.3) is 0 Å². The van der Waals surface area contributed by atoms with Gasteiger partial charge in [-0.05, 0) is 54.3 Å². The first-order chi connectivity index (χ1) is 21.6. The van der Waals surface area contributed by atoms with Crippen LogP contribution >= 0.6 is 34.8 Å². The fraction of sp³-hybridized carbons (Fsp3) is 0.375. The van der Waals surface area contributed by atoms with Crippen molar-refractivity contribution < 1.29 is 31.2 Å². The molecule has 248 valence electrons. The third-order valence-corrected chi connectivity index (χ3v) is 9.86. The molecule has 0 aliphatic heterocycles. The zero-order valence-corrected chi connectivity index (χ0v) is 28.0. The Morgan fingerprint density at radius 2 is 1.61 bits per heavy atom. The molecule has 1 aliphatic rings. The van der Waals surface area contributed by atoms with E-state index in [1.54, 1.807) is 36.4 Å². The van der Waals surface area contributed by atoms with Gasteiger partial charge in [-0.3, -0.25) is 13.9 Å². The molecule has 1 aliphatic carbocycles. The fourth-order valence-corrected chi connectivity index (χ4v) is 6.97. The number of carbonyl (C=O) groups excluding carboxylic acids is 2. The molecule has 7 nitrogen and oxygen atoms in total. The molecule has 0 saturated heterocycles. The van der Waals surface area contributed by atoms with Crippen LogP contribution in [0, 0.1) is 0 Å². The van der Waals surface area contributed by atoms with Crippen LogP contribution in [0.3, 0.4) is 0 Å². The smallest absolute Gasteiger partial charge is 0.352 e. The third-order valence-electron chi connectivity index (χ3n) is 7.80. The quantitative estimate of drug-likeness (QED) is 0.222. The maximum Gasteiger partial charge on any atom is 0.417 e. The second-order valence-electron chi connectivity index (χ2n) is 11.2. The lowest BCUT2D eigenvalue weighted by Crippen LogP contribution is -2.55. The first-order valence-corrected chi connectivity index (χ1v) is 17.5. The molecule has 46 heavy (non-hydrogen) atoms. The first kappa shape index (κ1) is 35.9. The minimum Gasteiger partial charge on any atom is -0.352 e. The molecule has 3 aromatic rings. The minimum absolute atomic E-state index is 0.0778. The Labute approximate surface area is 281 Å². The van der Waals surface area contributed by atoms with E-state index in [4.69, 9.17) is 34.8 Å². The van der Waals surface area contributed by atoms with E-state index in [0.717, 1.165) is 56.1 Å². The first-order valence-electron chi connectivity index (χ1n) is 14.6. The molecule has 3 aromatic carbocycles. The monoisotopic (exact) mass is 717 g/mol. The van der Waals surface area contributed by atoms with Gasteiger partial charge >= 0.3 is 6.18 Å². The summed E-state index contributed by atoms with van der Waals surface area (Å²) in [6.07, 6.45) is 0.482. The number of anilines is 1. The molecule has 0 spiro atoms. The van der Waals surface area contributed by atoms with Crippen molar-refractivity contribution in [2.75, 3.05) is 17.1 Å². The van der Waals surface area contributed by atoms with E-state index < -0.39 is 56.9 Å². The van der Waals surface area contributed by atoms with E-state index in [-0.39, 0.29) is 24.0 Å². The number of rotatable bonds is 11. The van der Waals surface area contributed by atoms with Crippen LogP contribution in [0.2, 0.25) is 15.1 Å². The summed E-state index contributed by atoms with van der Waals surface area (Å²) in [5.74, 6) is -1.27. The number of halogens is 6. The molecule has 4 rings (SSSR count). The SMILES string of the molecule is CS(=O)(=O)N(CC(=O)N(Cc1ccc(Cl)cc1Cl)C(Cc1ccccc1)C(=O)NC1CCCCC1)c1ccc(Cl)c(C(F)(F)F)c1. The fourth-order valence-electron chi connectivity index (χ4n) is 5.43. The zero-order valence-electron chi connectivity index (χ0n) is 24.9. The number of amides is 2. The van der Waals surface area contributed by atoms with Crippen molar-refractivity contribution in [1.82, 2.24) is 10.2 Å². The molecule has 14 heteroatoms. The lowest BCUT2D eigenvalue weighted by atomic mass is 9.94. The standard InChI is InChI=1S/C32H33Cl3F3N3O4S/c1-46(44,45)41(25-14-15-27(34)26(18-25)32(36,37)38)20-30(42)40(19-22-12-13-23(33)17-28(22)35)29(16-21-8-4-2-5-9-21)31(43)39-24-10-6-3-7-11-24/h2,4-5,8-9,12-15,17-18,24,29H,3,6-7,10-11,16,19-20H2,1H3,(H,39,43). The normalized spacial score (nSPS) is 14.8. The average Bonchev–Trinajstić information content (AvgIpc) is 2.99. The van der Waals surface area contributed by atoms with Crippen LogP contribution in [0.15, 0.2) is 66.7 Å². The number of nitrogens with one attached hydrogen (secondary N) is 1. The highest BCUT2D eigenvalue weighted by atomic mass is 35.5. The highest BCUT2D eigenvalue weighted by Crippen LogP contribution is 2.37. The van der Waals surface area contributed by atoms with Crippen molar-refractivity contribution in [3.05, 3.63) is 98.5 Å². The molecule has 0 bridgehead atoms. The van der Waals surface area contributed by atoms with Gasteiger partial charge in [-0.25, -0.2) is 8.42 Å². The van der Waals surface area contributed by atoms with E-state index in [0.29, 0.717) is 21.0 Å². The van der Waals surface area contributed by atoms with Crippen LogP contribution in [0.4, 0.5) is 18.9 Å². The van der Waals surface area contributed by atoms with Gasteiger partial charge in [-0.2, -0.15) is 13.2 Å². The molecule has 0 heterocycles. The Morgan fingerprint density at radius 1 is 0.935 bits per heavy atom. The zero-order chi connectivity index (χ0) is 33.6. The van der Waals surface area contributed by atoms with Crippen LogP contribution in [0.1, 0.15) is 48.8 Å². The predicted molar refractivity (Wildman–Crippen MR) is 175 cm³/mol. The number of alkyl halides is 3.